The fourth-order valence-electron chi connectivity index (χ4n) is 2.72. The molecule has 1 aromatic heterocycles. The summed E-state index contributed by atoms with van der Waals surface area (Å²) in [7, 11) is 0. The normalized spacial score (nSPS) is 10.8. The van der Waals surface area contributed by atoms with E-state index in [9.17, 15) is 4.79 Å². The van der Waals surface area contributed by atoms with Crippen molar-refractivity contribution in [3.8, 4) is 17.0 Å². The lowest BCUT2D eigenvalue weighted by Crippen LogP contribution is -2.14. The number of hydrogen-bond acceptors (Lipinski definition) is 4. The molecule has 5 heteroatoms. The Hall–Kier alpha value is -2.66. The molecular formula is C22H24N2O2S. The highest BCUT2D eigenvalue weighted by Crippen LogP contribution is 2.26. The van der Waals surface area contributed by atoms with E-state index < -0.39 is 0 Å². The van der Waals surface area contributed by atoms with Gasteiger partial charge in [-0.15, -0.1) is 11.3 Å². The summed E-state index contributed by atoms with van der Waals surface area (Å²) in [6.07, 6.45) is 0.344. The molecule has 0 fully saturated rings. The van der Waals surface area contributed by atoms with Crippen LogP contribution in [0.2, 0.25) is 0 Å². The van der Waals surface area contributed by atoms with Gasteiger partial charge < -0.3 is 10.1 Å². The van der Waals surface area contributed by atoms with Crippen LogP contribution in [0.4, 0.5) is 5.13 Å². The molecule has 0 aliphatic heterocycles. The van der Waals surface area contributed by atoms with Gasteiger partial charge in [0.2, 0.25) is 5.91 Å². The van der Waals surface area contributed by atoms with E-state index in [0.29, 0.717) is 24.1 Å². The Balaban J connectivity index is 1.60. The summed E-state index contributed by atoms with van der Waals surface area (Å²) < 4.78 is 5.46. The van der Waals surface area contributed by atoms with Crippen LogP contribution < -0.4 is 10.1 Å². The lowest BCUT2D eigenvalue weighted by Gasteiger charge is -2.07. The molecule has 27 heavy (non-hydrogen) atoms. The zero-order valence-corrected chi connectivity index (χ0v) is 16.7. The van der Waals surface area contributed by atoms with Gasteiger partial charge in [0.05, 0.1) is 18.7 Å². The highest BCUT2D eigenvalue weighted by atomic mass is 32.1. The predicted molar refractivity (Wildman–Crippen MR) is 112 cm³/mol. The van der Waals surface area contributed by atoms with Crippen molar-refractivity contribution in [3.05, 3.63) is 65.0 Å². The number of nitrogens with zero attached hydrogens (tertiary/aromatic N) is 1. The monoisotopic (exact) mass is 380 g/mol. The highest BCUT2D eigenvalue weighted by molar-refractivity contribution is 7.14. The molecule has 0 radical (unpaired) electrons. The first kappa shape index (κ1) is 19.1. The molecule has 0 unspecified atom stereocenters. The molecule has 3 aromatic rings. The Morgan fingerprint density at radius 2 is 1.81 bits per heavy atom. The van der Waals surface area contributed by atoms with Gasteiger partial charge in [0.15, 0.2) is 5.13 Å². The predicted octanol–water partition coefficient (Wildman–Crippen LogP) is 5.51. The van der Waals surface area contributed by atoms with Gasteiger partial charge in [0.25, 0.3) is 0 Å². The molecule has 2 aromatic carbocycles. The molecule has 3 rings (SSSR count). The van der Waals surface area contributed by atoms with E-state index in [0.717, 1.165) is 22.6 Å². The minimum atomic E-state index is -0.0557. The van der Waals surface area contributed by atoms with Crippen molar-refractivity contribution >= 4 is 22.4 Å². The van der Waals surface area contributed by atoms with Gasteiger partial charge >= 0.3 is 0 Å². The van der Waals surface area contributed by atoms with Crippen molar-refractivity contribution < 1.29 is 9.53 Å². The van der Waals surface area contributed by atoms with Crippen LogP contribution in [0.3, 0.4) is 0 Å². The van der Waals surface area contributed by atoms with Crippen molar-refractivity contribution in [1.82, 2.24) is 4.98 Å². The van der Waals surface area contributed by atoms with E-state index in [4.69, 9.17) is 4.74 Å². The fraction of sp³-hybridized carbons (Fsp3) is 0.273. The fourth-order valence-corrected chi connectivity index (χ4v) is 3.46. The van der Waals surface area contributed by atoms with Gasteiger partial charge in [-0.3, -0.25) is 4.79 Å². The number of thiazole rings is 1. The first-order valence-corrected chi connectivity index (χ1v) is 10.0. The molecule has 0 aliphatic carbocycles. The third-order valence-corrected chi connectivity index (χ3v) is 4.98. The van der Waals surface area contributed by atoms with Gasteiger partial charge in [-0.2, -0.15) is 0 Å². The van der Waals surface area contributed by atoms with Crippen molar-refractivity contribution in [2.75, 3.05) is 11.9 Å². The minimum Gasteiger partial charge on any atom is -0.494 e. The summed E-state index contributed by atoms with van der Waals surface area (Å²) in [4.78, 5) is 16.8. The Morgan fingerprint density at radius 1 is 1.11 bits per heavy atom. The van der Waals surface area contributed by atoms with E-state index in [-0.39, 0.29) is 5.91 Å². The zero-order chi connectivity index (χ0) is 19.2. The SMILES string of the molecule is CCOc1ccc(-c2csc(NC(=O)Cc3ccc(C(C)C)cc3)n2)cc1. The zero-order valence-electron chi connectivity index (χ0n) is 15.9. The summed E-state index contributed by atoms with van der Waals surface area (Å²) >= 11 is 1.43. The minimum absolute atomic E-state index is 0.0557. The maximum atomic E-state index is 12.3. The number of nitrogens with one attached hydrogen (secondary N) is 1. The average molecular weight is 381 g/mol. The lowest BCUT2D eigenvalue weighted by atomic mass is 10.0. The largest absolute Gasteiger partial charge is 0.494 e. The molecule has 0 saturated carbocycles. The van der Waals surface area contributed by atoms with Crippen molar-refractivity contribution in [2.24, 2.45) is 0 Å². The number of aromatic nitrogens is 1. The Bertz CT molecular complexity index is 883. The van der Waals surface area contributed by atoms with Gasteiger partial charge in [-0.05, 0) is 48.2 Å². The molecular weight excluding hydrogens is 356 g/mol. The van der Waals surface area contributed by atoms with Crippen LogP contribution in [0.5, 0.6) is 5.75 Å². The van der Waals surface area contributed by atoms with Crippen LogP contribution in [0.15, 0.2) is 53.9 Å². The first-order valence-electron chi connectivity index (χ1n) is 9.12. The summed E-state index contributed by atoms with van der Waals surface area (Å²) in [5.41, 5.74) is 4.12. The number of carbonyl (C=O) groups is 1. The van der Waals surface area contributed by atoms with E-state index in [1.54, 1.807) is 0 Å². The molecule has 1 heterocycles. The van der Waals surface area contributed by atoms with Crippen molar-refractivity contribution in [1.29, 1.82) is 0 Å². The molecule has 1 amide bonds. The number of carbonyl (C=O) groups excluding carboxylic acids is 1. The van der Waals surface area contributed by atoms with Crippen molar-refractivity contribution in [2.45, 2.75) is 33.1 Å². The summed E-state index contributed by atoms with van der Waals surface area (Å²) in [6, 6.07) is 16.0. The van der Waals surface area contributed by atoms with E-state index in [2.05, 4.69) is 36.3 Å². The molecule has 0 saturated heterocycles. The highest BCUT2D eigenvalue weighted by Gasteiger charge is 2.09. The number of anilines is 1. The van der Waals surface area contributed by atoms with Crippen LogP contribution in [-0.4, -0.2) is 17.5 Å². The van der Waals surface area contributed by atoms with Crippen LogP contribution in [0.25, 0.3) is 11.3 Å². The first-order chi connectivity index (χ1) is 13.0. The number of amides is 1. The topological polar surface area (TPSA) is 51.2 Å². The second-order valence-corrected chi connectivity index (χ2v) is 7.47. The Kier molecular flexibility index (Phi) is 6.24. The second kappa shape index (κ2) is 8.82. The number of rotatable bonds is 7. The van der Waals surface area contributed by atoms with E-state index in [1.165, 1.54) is 16.9 Å². The van der Waals surface area contributed by atoms with Crippen LogP contribution in [-0.2, 0) is 11.2 Å². The summed E-state index contributed by atoms with van der Waals surface area (Å²) in [5, 5.41) is 5.45. The van der Waals surface area contributed by atoms with E-state index in [1.807, 2.05) is 48.7 Å². The quantitative estimate of drug-likeness (QED) is 0.588. The van der Waals surface area contributed by atoms with Crippen LogP contribution in [0, 0.1) is 0 Å². The Labute approximate surface area is 164 Å². The molecule has 0 aliphatic rings. The smallest absolute Gasteiger partial charge is 0.230 e. The van der Waals surface area contributed by atoms with E-state index >= 15 is 0 Å². The van der Waals surface area contributed by atoms with Gasteiger partial charge in [-0.25, -0.2) is 4.98 Å². The number of hydrogen-bond donors (Lipinski definition) is 1. The molecule has 4 nitrogen and oxygen atoms in total. The summed E-state index contributed by atoms with van der Waals surface area (Å²) in [6.45, 7) is 6.92. The number of benzene rings is 2. The molecule has 0 spiro atoms. The van der Waals surface area contributed by atoms with Crippen molar-refractivity contribution in [3.63, 3.8) is 0 Å². The third-order valence-electron chi connectivity index (χ3n) is 4.22. The molecule has 0 bridgehead atoms. The lowest BCUT2D eigenvalue weighted by molar-refractivity contribution is -0.115. The molecule has 1 N–H and O–H groups in total. The summed E-state index contributed by atoms with van der Waals surface area (Å²) in [5.74, 6) is 1.28. The maximum Gasteiger partial charge on any atom is 0.230 e. The Morgan fingerprint density at radius 3 is 2.44 bits per heavy atom. The molecule has 0 atom stereocenters. The average Bonchev–Trinajstić information content (AvgIpc) is 3.11. The van der Waals surface area contributed by atoms with Crippen LogP contribution >= 0.6 is 11.3 Å². The molecule has 140 valence electrons. The van der Waals surface area contributed by atoms with Gasteiger partial charge in [-0.1, -0.05) is 38.1 Å². The number of ether oxygens (including phenoxy) is 1. The maximum absolute atomic E-state index is 12.3. The van der Waals surface area contributed by atoms with Gasteiger partial charge in [0, 0.05) is 10.9 Å². The van der Waals surface area contributed by atoms with Gasteiger partial charge in [0.1, 0.15) is 5.75 Å². The van der Waals surface area contributed by atoms with Crippen LogP contribution in [0.1, 0.15) is 37.8 Å². The second-order valence-electron chi connectivity index (χ2n) is 6.62. The standard InChI is InChI=1S/C22H24N2O2S/c1-4-26-19-11-9-18(10-12-19)20-14-27-22(23-20)24-21(25)13-16-5-7-17(8-6-16)15(2)3/h5-12,14-15H,4,13H2,1-3H3,(H,23,24,25). The third kappa shape index (κ3) is 5.17.